The molecule has 0 heterocycles. The van der Waals surface area contributed by atoms with Crippen LogP contribution in [0.25, 0.3) is 0 Å². The standard InChI is InChI=1S/C10H15P.ClH/c1-2-3-6-9-7-4-5-8-10(9)11;/h4-5,7-8H,2-3,6,11H2,1H3;1H. The van der Waals surface area contributed by atoms with Crippen LogP contribution < -0.4 is 5.30 Å². The molecular formula is C10H16ClP. The molecule has 1 aromatic carbocycles. The van der Waals surface area contributed by atoms with E-state index in [9.17, 15) is 0 Å². The number of hydrogen-bond donors (Lipinski definition) is 0. The van der Waals surface area contributed by atoms with Crippen LogP contribution in [0.2, 0.25) is 0 Å². The molecule has 0 aliphatic heterocycles. The first-order valence-corrected chi connectivity index (χ1v) is 4.75. The lowest BCUT2D eigenvalue weighted by atomic mass is 10.1. The van der Waals surface area contributed by atoms with Gasteiger partial charge in [0, 0.05) is 0 Å². The maximum atomic E-state index is 2.78. The first-order chi connectivity index (χ1) is 5.34. The van der Waals surface area contributed by atoms with E-state index in [1.807, 2.05) is 0 Å². The summed E-state index contributed by atoms with van der Waals surface area (Å²) in [6.45, 7) is 2.23. The molecule has 0 radical (unpaired) electrons. The molecule has 12 heavy (non-hydrogen) atoms. The summed E-state index contributed by atoms with van der Waals surface area (Å²) in [6.07, 6.45) is 3.79. The monoisotopic (exact) mass is 202 g/mol. The van der Waals surface area contributed by atoms with E-state index in [-0.39, 0.29) is 12.4 Å². The summed E-state index contributed by atoms with van der Waals surface area (Å²) in [6, 6.07) is 8.55. The Morgan fingerprint density at radius 2 is 1.92 bits per heavy atom. The van der Waals surface area contributed by atoms with Crippen molar-refractivity contribution in [1.29, 1.82) is 0 Å². The summed E-state index contributed by atoms with van der Waals surface area (Å²) >= 11 is 0. The number of unbranched alkanes of at least 4 members (excludes halogenated alkanes) is 1. The molecule has 0 amide bonds. The molecule has 1 atom stereocenters. The van der Waals surface area contributed by atoms with Crippen LogP contribution in [0, 0.1) is 0 Å². The zero-order chi connectivity index (χ0) is 8.10. The minimum Gasteiger partial charge on any atom is -0.147 e. The van der Waals surface area contributed by atoms with Gasteiger partial charge in [0.05, 0.1) is 0 Å². The number of aryl methyl sites for hydroxylation is 1. The van der Waals surface area contributed by atoms with Crippen molar-refractivity contribution in [1.82, 2.24) is 0 Å². The van der Waals surface area contributed by atoms with E-state index in [0.29, 0.717) is 0 Å². The lowest BCUT2D eigenvalue weighted by Gasteiger charge is -2.02. The minimum absolute atomic E-state index is 0. The maximum absolute atomic E-state index is 2.78. The van der Waals surface area contributed by atoms with E-state index < -0.39 is 0 Å². The van der Waals surface area contributed by atoms with Crippen LogP contribution in [0.5, 0.6) is 0 Å². The smallest absolute Gasteiger partial charge is 0.0271 e. The Labute approximate surface area is 83.4 Å². The molecule has 1 unspecified atom stereocenters. The average Bonchev–Trinajstić information content (AvgIpc) is 2.03. The summed E-state index contributed by atoms with van der Waals surface area (Å²) < 4.78 is 0. The Balaban J connectivity index is 0.00000121. The molecule has 0 N–H and O–H groups in total. The molecule has 0 aliphatic carbocycles. The molecule has 0 fully saturated rings. The van der Waals surface area contributed by atoms with Crippen LogP contribution in [-0.4, -0.2) is 0 Å². The Kier molecular flexibility index (Phi) is 6.42. The van der Waals surface area contributed by atoms with E-state index in [4.69, 9.17) is 0 Å². The second-order valence-electron chi connectivity index (χ2n) is 2.80. The molecule has 1 rings (SSSR count). The topological polar surface area (TPSA) is 0 Å². The highest BCUT2D eigenvalue weighted by Gasteiger charge is 1.94. The normalized spacial score (nSPS) is 9.17. The molecule has 0 nitrogen and oxygen atoms in total. The van der Waals surface area contributed by atoms with Crippen LogP contribution in [0.3, 0.4) is 0 Å². The van der Waals surface area contributed by atoms with Gasteiger partial charge in [-0.1, -0.05) is 37.6 Å². The molecule has 0 saturated carbocycles. The van der Waals surface area contributed by atoms with Crippen LogP contribution in [0.1, 0.15) is 25.3 Å². The summed E-state index contributed by atoms with van der Waals surface area (Å²) in [5, 5.41) is 1.35. The van der Waals surface area contributed by atoms with Gasteiger partial charge in [0.1, 0.15) is 0 Å². The molecule has 0 spiro atoms. The highest BCUT2D eigenvalue weighted by Crippen LogP contribution is 2.04. The predicted octanol–water partition coefficient (Wildman–Crippen LogP) is 2.95. The van der Waals surface area contributed by atoms with Crippen molar-refractivity contribution in [3.8, 4) is 0 Å². The number of benzene rings is 1. The highest BCUT2D eigenvalue weighted by molar-refractivity contribution is 7.27. The Morgan fingerprint density at radius 1 is 1.25 bits per heavy atom. The molecule has 1 aromatic rings. The minimum atomic E-state index is 0. The fraction of sp³-hybridized carbons (Fsp3) is 0.400. The van der Waals surface area contributed by atoms with Crippen LogP contribution >= 0.6 is 21.6 Å². The fourth-order valence-electron chi connectivity index (χ4n) is 1.13. The first-order valence-electron chi connectivity index (χ1n) is 4.18. The highest BCUT2D eigenvalue weighted by atomic mass is 35.5. The van der Waals surface area contributed by atoms with E-state index in [0.717, 1.165) is 0 Å². The van der Waals surface area contributed by atoms with Gasteiger partial charge in [-0.05, 0) is 23.7 Å². The van der Waals surface area contributed by atoms with E-state index in [1.165, 1.54) is 30.1 Å². The van der Waals surface area contributed by atoms with Gasteiger partial charge in [-0.25, -0.2) is 0 Å². The SMILES string of the molecule is CCCCc1ccccc1P.Cl. The van der Waals surface area contributed by atoms with Crippen LogP contribution in [-0.2, 0) is 6.42 Å². The van der Waals surface area contributed by atoms with Gasteiger partial charge in [-0.3, -0.25) is 0 Å². The Morgan fingerprint density at radius 3 is 2.50 bits per heavy atom. The zero-order valence-corrected chi connectivity index (χ0v) is 9.39. The molecular weight excluding hydrogens is 187 g/mol. The Bertz CT molecular complexity index is 223. The van der Waals surface area contributed by atoms with Crippen molar-refractivity contribution in [3.05, 3.63) is 29.8 Å². The molecule has 0 aromatic heterocycles. The predicted molar refractivity (Wildman–Crippen MR) is 61.6 cm³/mol. The average molecular weight is 203 g/mol. The summed E-state index contributed by atoms with van der Waals surface area (Å²) in [7, 11) is 2.78. The van der Waals surface area contributed by atoms with E-state index in [1.54, 1.807) is 0 Å². The lowest BCUT2D eigenvalue weighted by molar-refractivity contribution is 0.798. The summed E-state index contributed by atoms with van der Waals surface area (Å²) in [5.74, 6) is 0. The third-order valence-electron chi connectivity index (χ3n) is 1.85. The number of rotatable bonds is 3. The molecule has 68 valence electrons. The fourth-order valence-corrected chi connectivity index (χ4v) is 1.48. The van der Waals surface area contributed by atoms with E-state index in [2.05, 4.69) is 40.4 Å². The summed E-state index contributed by atoms with van der Waals surface area (Å²) in [4.78, 5) is 0. The van der Waals surface area contributed by atoms with Gasteiger partial charge in [0.25, 0.3) is 0 Å². The van der Waals surface area contributed by atoms with Gasteiger partial charge < -0.3 is 0 Å². The van der Waals surface area contributed by atoms with Crippen LogP contribution in [0.4, 0.5) is 0 Å². The lowest BCUT2D eigenvalue weighted by Crippen LogP contribution is -1.99. The van der Waals surface area contributed by atoms with Crippen molar-refractivity contribution in [3.63, 3.8) is 0 Å². The Hall–Kier alpha value is -0.0600. The van der Waals surface area contributed by atoms with Gasteiger partial charge in [-0.2, -0.15) is 0 Å². The summed E-state index contributed by atoms with van der Waals surface area (Å²) in [5.41, 5.74) is 1.47. The third kappa shape index (κ3) is 3.56. The van der Waals surface area contributed by atoms with Crippen molar-refractivity contribution in [2.45, 2.75) is 26.2 Å². The van der Waals surface area contributed by atoms with Crippen molar-refractivity contribution in [2.75, 3.05) is 0 Å². The van der Waals surface area contributed by atoms with E-state index >= 15 is 0 Å². The number of hydrogen-bond acceptors (Lipinski definition) is 0. The van der Waals surface area contributed by atoms with Gasteiger partial charge in [-0.15, -0.1) is 21.6 Å². The molecule has 2 heteroatoms. The van der Waals surface area contributed by atoms with Crippen LogP contribution in [0.15, 0.2) is 24.3 Å². The second kappa shape index (κ2) is 6.46. The quantitative estimate of drug-likeness (QED) is 0.662. The third-order valence-corrected chi connectivity index (χ3v) is 2.42. The second-order valence-corrected chi connectivity index (χ2v) is 3.42. The molecule has 0 bridgehead atoms. The van der Waals surface area contributed by atoms with Crippen molar-refractivity contribution in [2.24, 2.45) is 0 Å². The number of halogens is 1. The molecule has 0 saturated heterocycles. The van der Waals surface area contributed by atoms with Gasteiger partial charge in [0.15, 0.2) is 0 Å². The zero-order valence-electron chi connectivity index (χ0n) is 7.42. The van der Waals surface area contributed by atoms with Crippen molar-refractivity contribution >= 4 is 27.0 Å². The van der Waals surface area contributed by atoms with Crippen molar-refractivity contribution < 1.29 is 0 Å². The van der Waals surface area contributed by atoms with Gasteiger partial charge in [0.2, 0.25) is 0 Å². The largest absolute Gasteiger partial charge is 0.147 e. The first kappa shape index (κ1) is 11.9. The maximum Gasteiger partial charge on any atom is -0.0271 e. The van der Waals surface area contributed by atoms with Gasteiger partial charge >= 0.3 is 0 Å². The molecule has 0 aliphatic rings.